The van der Waals surface area contributed by atoms with Crippen LogP contribution in [-0.2, 0) is 4.79 Å². The second-order valence-corrected chi connectivity index (χ2v) is 8.49. The van der Waals surface area contributed by atoms with E-state index in [-0.39, 0.29) is 11.3 Å². The number of carbonyl (C=O) groups excluding carboxylic acids is 1. The summed E-state index contributed by atoms with van der Waals surface area (Å²) in [6.45, 7) is 15.1. The number of nitrogens with zero attached hydrogens (tertiary/aromatic N) is 6. The molecule has 26 heavy (non-hydrogen) atoms. The fourth-order valence-electron chi connectivity index (χ4n) is 3.46. The zero-order valence-electron chi connectivity index (χ0n) is 16.8. The quantitative estimate of drug-likeness (QED) is 0.791. The lowest BCUT2D eigenvalue weighted by molar-refractivity contribution is -0.139. The molecule has 0 spiro atoms. The molecule has 3 heterocycles. The molecular weight excluding hydrogens is 328 g/mol. The normalized spacial score (nSPS) is 19.8. The van der Waals surface area contributed by atoms with E-state index in [1.807, 2.05) is 32.6 Å². The second-order valence-electron chi connectivity index (χ2n) is 8.49. The van der Waals surface area contributed by atoms with Gasteiger partial charge in [-0.15, -0.1) is 0 Å². The van der Waals surface area contributed by atoms with Gasteiger partial charge in [0.15, 0.2) is 0 Å². The summed E-state index contributed by atoms with van der Waals surface area (Å²) in [5, 5.41) is 0. The molecule has 1 aromatic rings. The van der Waals surface area contributed by atoms with Gasteiger partial charge in [-0.1, -0.05) is 20.8 Å². The maximum absolute atomic E-state index is 12.5. The van der Waals surface area contributed by atoms with E-state index < -0.39 is 0 Å². The van der Waals surface area contributed by atoms with Crippen molar-refractivity contribution < 1.29 is 4.79 Å². The lowest BCUT2D eigenvalue weighted by Gasteiger charge is -2.38. The summed E-state index contributed by atoms with van der Waals surface area (Å²) in [6.07, 6.45) is 0. The number of anilines is 2. The number of amides is 1. The van der Waals surface area contributed by atoms with Gasteiger partial charge in [-0.2, -0.15) is 4.98 Å². The third kappa shape index (κ3) is 4.26. The monoisotopic (exact) mass is 360 g/mol. The highest BCUT2D eigenvalue weighted by molar-refractivity contribution is 5.81. The Morgan fingerprint density at radius 1 is 0.923 bits per heavy atom. The van der Waals surface area contributed by atoms with E-state index >= 15 is 0 Å². The van der Waals surface area contributed by atoms with E-state index in [0.29, 0.717) is 0 Å². The van der Waals surface area contributed by atoms with E-state index in [2.05, 4.69) is 32.8 Å². The van der Waals surface area contributed by atoms with Gasteiger partial charge in [0.25, 0.3) is 0 Å². The third-order valence-electron chi connectivity index (χ3n) is 5.15. The van der Waals surface area contributed by atoms with E-state index in [1.54, 1.807) is 0 Å². The number of hydrogen-bond donors (Lipinski definition) is 0. The number of piperazine rings is 2. The van der Waals surface area contributed by atoms with E-state index in [9.17, 15) is 4.79 Å². The molecule has 1 amide bonds. The molecule has 0 atom stereocenters. The first kappa shape index (κ1) is 18.9. The minimum atomic E-state index is -0.323. The zero-order chi connectivity index (χ0) is 18.9. The molecular formula is C19H32N6O. The van der Waals surface area contributed by atoms with Crippen LogP contribution in [0.2, 0.25) is 0 Å². The Bertz CT molecular complexity index is 640. The first-order valence-corrected chi connectivity index (χ1v) is 9.57. The van der Waals surface area contributed by atoms with Crippen LogP contribution in [0.25, 0.3) is 0 Å². The largest absolute Gasteiger partial charge is 0.354 e. The molecule has 144 valence electrons. The molecule has 0 saturated carbocycles. The Balaban J connectivity index is 1.68. The molecule has 0 bridgehead atoms. The summed E-state index contributed by atoms with van der Waals surface area (Å²) < 4.78 is 0. The SMILES string of the molecule is Cc1cc(N2CCN(C)CC2)nc(N2CCN(C(=O)C(C)(C)C)CC2)n1. The highest BCUT2D eigenvalue weighted by Gasteiger charge is 2.30. The molecule has 0 N–H and O–H groups in total. The number of aryl methyl sites for hydroxylation is 1. The summed E-state index contributed by atoms with van der Waals surface area (Å²) in [5.74, 6) is 2.04. The van der Waals surface area contributed by atoms with Crippen LogP contribution < -0.4 is 9.80 Å². The average Bonchev–Trinajstić information content (AvgIpc) is 2.60. The number of rotatable bonds is 2. The van der Waals surface area contributed by atoms with Crippen LogP contribution in [0.15, 0.2) is 6.07 Å². The molecule has 0 radical (unpaired) electrons. The first-order valence-electron chi connectivity index (χ1n) is 9.57. The second kappa shape index (κ2) is 7.39. The van der Waals surface area contributed by atoms with Gasteiger partial charge in [-0.3, -0.25) is 4.79 Å². The van der Waals surface area contributed by atoms with Crippen LogP contribution in [0.1, 0.15) is 26.5 Å². The van der Waals surface area contributed by atoms with Gasteiger partial charge in [-0.25, -0.2) is 4.98 Å². The van der Waals surface area contributed by atoms with Gasteiger partial charge in [-0.05, 0) is 14.0 Å². The van der Waals surface area contributed by atoms with Crippen molar-refractivity contribution in [2.45, 2.75) is 27.7 Å². The number of likely N-dealkylation sites (N-methyl/N-ethyl adjacent to an activating group) is 1. The zero-order valence-corrected chi connectivity index (χ0v) is 16.8. The predicted octanol–water partition coefficient (Wildman–Crippen LogP) is 1.23. The predicted molar refractivity (Wildman–Crippen MR) is 105 cm³/mol. The van der Waals surface area contributed by atoms with Gasteiger partial charge in [0.2, 0.25) is 11.9 Å². The standard InChI is InChI=1S/C19H32N6O/c1-15-14-16(23-8-6-22(5)7-9-23)21-18(20-15)25-12-10-24(11-13-25)17(26)19(2,3)4/h14H,6-13H2,1-5H3. The third-order valence-corrected chi connectivity index (χ3v) is 5.15. The Morgan fingerprint density at radius 3 is 2.08 bits per heavy atom. The van der Waals surface area contributed by atoms with Crippen LogP contribution >= 0.6 is 0 Å². The van der Waals surface area contributed by atoms with Gasteiger partial charge in [0.05, 0.1) is 0 Å². The molecule has 0 aromatic carbocycles. The highest BCUT2D eigenvalue weighted by atomic mass is 16.2. The maximum atomic E-state index is 12.5. The smallest absolute Gasteiger partial charge is 0.228 e. The number of aromatic nitrogens is 2. The van der Waals surface area contributed by atoms with Crippen molar-refractivity contribution in [3.63, 3.8) is 0 Å². The first-order chi connectivity index (χ1) is 12.2. The summed E-state index contributed by atoms with van der Waals surface area (Å²) >= 11 is 0. The number of hydrogen-bond acceptors (Lipinski definition) is 6. The molecule has 2 aliphatic heterocycles. The molecule has 2 aliphatic rings. The van der Waals surface area contributed by atoms with Crippen LogP contribution in [0.5, 0.6) is 0 Å². The Labute approximate surface area is 157 Å². The summed E-state index contributed by atoms with van der Waals surface area (Å²) in [6, 6.07) is 2.08. The lowest BCUT2D eigenvalue weighted by atomic mass is 9.94. The van der Waals surface area contributed by atoms with Gasteiger partial charge < -0.3 is 19.6 Å². The minimum Gasteiger partial charge on any atom is -0.354 e. The van der Waals surface area contributed by atoms with Gasteiger partial charge in [0.1, 0.15) is 5.82 Å². The Morgan fingerprint density at radius 2 is 1.50 bits per heavy atom. The van der Waals surface area contributed by atoms with E-state index in [1.165, 1.54) is 0 Å². The highest BCUT2D eigenvalue weighted by Crippen LogP contribution is 2.22. The van der Waals surface area contributed by atoms with Crippen molar-refractivity contribution in [3.8, 4) is 0 Å². The minimum absolute atomic E-state index is 0.223. The molecule has 7 nitrogen and oxygen atoms in total. The maximum Gasteiger partial charge on any atom is 0.228 e. The fourth-order valence-corrected chi connectivity index (χ4v) is 3.46. The summed E-state index contributed by atoms with van der Waals surface area (Å²) in [4.78, 5) is 30.8. The van der Waals surface area contributed by atoms with E-state index in [0.717, 1.165) is 69.8 Å². The van der Waals surface area contributed by atoms with Crippen molar-refractivity contribution in [2.24, 2.45) is 5.41 Å². The summed E-state index contributed by atoms with van der Waals surface area (Å²) in [7, 11) is 2.16. The molecule has 0 unspecified atom stereocenters. The van der Waals surface area contributed by atoms with Crippen molar-refractivity contribution in [3.05, 3.63) is 11.8 Å². The van der Waals surface area contributed by atoms with Crippen molar-refractivity contribution >= 4 is 17.7 Å². The van der Waals surface area contributed by atoms with Crippen molar-refractivity contribution in [2.75, 3.05) is 69.2 Å². The molecule has 2 fully saturated rings. The molecule has 0 aliphatic carbocycles. The molecule has 2 saturated heterocycles. The van der Waals surface area contributed by atoms with E-state index in [4.69, 9.17) is 4.98 Å². The van der Waals surface area contributed by atoms with Crippen LogP contribution in [0.4, 0.5) is 11.8 Å². The molecule has 7 heteroatoms. The Hall–Kier alpha value is -1.89. The van der Waals surface area contributed by atoms with Gasteiger partial charge in [0, 0.05) is 69.5 Å². The topological polar surface area (TPSA) is 55.8 Å². The lowest BCUT2D eigenvalue weighted by Crippen LogP contribution is -2.52. The van der Waals surface area contributed by atoms with Crippen LogP contribution in [-0.4, -0.2) is 85.1 Å². The number of carbonyl (C=O) groups is 1. The Kier molecular flexibility index (Phi) is 5.37. The molecule has 1 aromatic heterocycles. The summed E-state index contributed by atoms with van der Waals surface area (Å²) in [5.41, 5.74) is 0.675. The van der Waals surface area contributed by atoms with Crippen molar-refractivity contribution in [1.29, 1.82) is 0 Å². The molecule has 3 rings (SSSR count). The van der Waals surface area contributed by atoms with Gasteiger partial charge >= 0.3 is 0 Å². The van der Waals surface area contributed by atoms with Crippen LogP contribution in [0, 0.1) is 12.3 Å². The fraction of sp³-hybridized carbons (Fsp3) is 0.737. The van der Waals surface area contributed by atoms with Crippen LogP contribution in [0.3, 0.4) is 0 Å². The van der Waals surface area contributed by atoms with Crippen molar-refractivity contribution in [1.82, 2.24) is 19.8 Å². The average molecular weight is 361 g/mol.